The van der Waals surface area contributed by atoms with Crippen LogP contribution in [-0.2, 0) is 11.4 Å². The standard InChI is InChI=1S/C24H22BrClIN3O3/c1-2-32-22-12-17(11-21(25)24(22)33-15-16-3-5-18(26)6-4-16)13-29-30-23(31)14-28-20-9-7-19(27)8-10-20/h3-13,28H,2,14-15H2,1H3,(H,30,31)/b29-13-. The maximum atomic E-state index is 12.1. The normalized spacial score (nSPS) is 10.8. The molecule has 1 amide bonds. The number of hydrazone groups is 1. The molecule has 6 nitrogen and oxygen atoms in total. The first-order valence-electron chi connectivity index (χ1n) is 10.1. The van der Waals surface area contributed by atoms with E-state index in [-0.39, 0.29) is 12.5 Å². The Morgan fingerprint density at radius 3 is 2.55 bits per heavy atom. The van der Waals surface area contributed by atoms with Crippen molar-refractivity contribution in [3.8, 4) is 11.5 Å². The van der Waals surface area contributed by atoms with Gasteiger partial charge in [-0.05, 0) is 105 Å². The lowest BCUT2D eigenvalue weighted by Gasteiger charge is -2.14. The lowest BCUT2D eigenvalue weighted by Crippen LogP contribution is -2.25. The number of ether oxygens (including phenoxy) is 2. The maximum Gasteiger partial charge on any atom is 0.259 e. The van der Waals surface area contributed by atoms with Gasteiger partial charge in [-0.15, -0.1) is 0 Å². The predicted molar refractivity (Wildman–Crippen MR) is 144 cm³/mol. The number of carbonyl (C=O) groups is 1. The Kier molecular flexibility index (Phi) is 9.83. The molecule has 3 rings (SSSR count). The minimum Gasteiger partial charge on any atom is -0.490 e. The van der Waals surface area contributed by atoms with Crippen molar-refractivity contribution in [1.82, 2.24) is 5.43 Å². The zero-order valence-corrected chi connectivity index (χ0v) is 22.3. The summed E-state index contributed by atoms with van der Waals surface area (Å²) < 4.78 is 13.6. The Balaban J connectivity index is 1.60. The molecule has 0 atom stereocenters. The zero-order chi connectivity index (χ0) is 23.6. The molecule has 0 fully saturated rings. The van der Waals surface area contributed by atoms with Crippen molar-refractivity contribution in [2.45, 2.75) is 13.5 Å². The zero-order valence-electron chi connectivity index (χ0n) is 17.8. The molecule has 3 aromatic carbocycles. The molecule has 3 aromatic rings. The van der Waals surface area contributed by atoms with Crippen molar-refractivity contribution in [2.24, 2.45) is 5.10 Å². The van der Waals surface area contributed by atoms with Crippen molar-refractivity contribution in [3.63, 3.8) is 0 Å². The number of halogens is 3. The molecular formula is C24H22BrClIN3O3. The predicted octanol–water partition coefficient (Wildman–Crippen LogP) is 6.25. The number of anilines is 1. The van der Waals surface area contributed by atoms with E-state index in [0.717, 1.165) is 24.9 Å². The van der Waals surface area contributed by atoms with Crippen molar-refractivity contribution >= 4 is 67.9 Å². The third-order valence-corrected chi connectivity index (χ3v) is 5.89. The van der Waals surface area contributed by atoms with Crippen LogP contribution in [0.4, 0.5) is 5.69 Å². The molecule has 0 heterocycles. The molecule has 0 aromatic heterocycles. The Labute approximate surface area is 220 Å². The van der Waals surface area contributed by atoms with Crippen LogP contribution in [-0.4, -0.2) is 25.3 Å². The van der Waals surface area contributed by atoms with Crippen LogP contribution in [0.2, 0.25) is 5.02 Å². The van der Waals surface area contributed by atoms with Crippen LogP contribution in [0.3, 0.4) is 0 Å². The fourth-order valence-electron chi connectivity index (χ4n) is 2.77. The molecule has 0 saturated carbocycles. The Bertz CT molecular complexity index is 1110. The van der Waals surface area contributed by atoms with Gasteiger partial charge in [0.05, 0.1) is 23.8 Å². The number of hydrogen-bond acceptors (Lipinski definition) is 5. The molecular weight excluding hydrogens is 621 g/mol. The number of nitrogens with one attached hydrogen (secondary N) is 2. The number of hydrogen-bond donors (Lipinski definition) is 2. The highest BCUT2D eigenvalue weighted by Gasteiger charge is 2.12. The number of rotatable bonds is 10. The summed E-state index contributed by atoms with van der Waals surface area (Å²) in [5.74, 6) is 0.917. The topological polar surface area (TPSA) is 72.0 Å². The lowest BCUT2D eigenvalue weighted by molar-refractivity contribution is -0.119. The van der Waals surface area contributed by atoms with Gasteiger partial charge in [0, 0.05) is 14.3 Å². The van der Waals surface area contributed by atoms with Crippen molar-refractivity contribution in [3.05, 3.63) is 84.9 Å². The molecule has 0 bridgehead atoms. The van der Waals surface area contributed by atoms with Crippen molar-refractivity contribution in [2.75, 3.05) is 18.5 Å². The summed E-state index contributed by atoms with van der Waals surface area (Å²) in [5, 5.41) is 7.78. The molecule has 0 radical (unpaired) electrons. The molecule has 9 heteroatoms. The first-order chi connectivity index (χ1) is 15.9. The molecule has 0 saturated heterocycles. The van der Waals surface area contributed by atoms with E-state index in [9.17, 15) is 4.79 Å². The lowest BCUT2D eigenvalue weighted by atomic mass is 10.2. The summed E-state index contributed by atoms with van der Waals surface area (Å²) >= 11 is 11.7. The third kappa shape index (κ3) is 8.21. The Morgan fingerprint density at radius 1 is 1.12 bits per heavy atom. The molecule has 2 N–H and O–H groups in total. The van der Waals surface area contributed by atoms with E-state index in [1.807, 2.05) is 67.6 Å². The highest BCUT2D eigenvalue weighted by molar-refractivity contribution is 14.1. The summed E-state index contributed by atoms with van der Waals surface area (Å²) in [6, 6.07) is 18.9. The average molecular weight is 643 g/mol. The molecule has 33 heavy (non-hydrogen) atoms. The first kappa shape index (κ1) is 25.3. The molecule has 0 unspecified atom stereocenters. The van der Waals surface area contributed by atoms with E-state index in [1.54, 1.807) is 6.21 Å². The second kappa shape index (κ2) is 12.8. The van der Waals surface area contributed by atoms with Gasteiger partial charge < -0.3 is 14.8 Å². The van der Waals surface area contributed by atoms with Crippen molar-refractivity contribution in [1.29, 1.82) is 0 Å². The van der Waals surface area contributed by atoms with Gasteiger partial charge in [0.2, 0.25) is 0 Å². The van der Waals surface area contributed by atoms with Crippen LogP contribution >= 0.6 is 50.1 Å². The summed E-state index contributed by atoms with van der Waals surface area (Å²) in [6.07, 6.45) is 1.55. The largest absolute Gasteiger partial charge is 0.490 e. The first-order valence-corrected chi connectivity index (χ1v) is 12.3. The van der Waals surface area contributed by atoms with Gasteiger partial charge >= 0.3 is 0 Å². The van der Waals surface area contributed by atoms with E-state index in [2.05, 4.69) is 54.4 Å². The van der Waals surface area contributed by atoms with Gasteiger partial charge in [0.25, 0.3) is 5.91 Å². The smallest absolute Gasteiger partial charge is 0.259 e. The van der Waals surface area contributed by atoms with Crippen molar-refractivity contribution < 1.29 is 14.3 Å². The van der Waals surface area contributed by atoms with Gasteiger partial charge in [0.15, 0.2) is 11.5 Å². The van der Waals surface area contributed by atoms with Crippen LogP contribution in [0.25, 0.3) is 0 Å². The number of carbonyl (C=O) groups excluding carboxylic acids is 1. The highest BCUT2D eigenvalue weighted by Crippen LogP contribution is 2.37. The summed E-state index contributed by atoms with van der Waals surface area (Å²) in [7, 11) is 0. The van der Waals surface area contributed by atoms with Crippen LogP contribution < -0.4 is 20.2 Å². The maximum absolute atomic E-state index is 12.1. The second-order valence-corrected chi connectivity index (χ2v) is 9.37. The fraction of sp³-hybridized carbons (Fsp3) is 0.167. The minimum absolute atomic E-state index is 0.114. The number of nitrogens with zero attached hydrogens (tertiary/aromatic N) is 1. The molecule has 0 aliphatic carbocycles. The van der Waals surface area contributed by atoms with E-state index in [4.69, 9.17) is 21.1 Å². The van der Waals surface area contributed by atoms with Crippen LogP contribution in [0, 0.1) is 3.57 Å². The van der Waals surface area contributed by atoms with Crippen LogP contribution in [0.1, 0.15) is 18.1 Å². The van der Waals surface area contributed by atoms with E-state index in [0.29, 0.717) is 29.7 Å². The fourth-order valence-corrected chi connectivity index (χ4v) is 3.83. The average Bonchev–Trinajstić information content (AvgIpc) is 2.79. The summed E-state index contributed by atoms with van der Waals surface area (Å²) in [4.78, 5) is 12.1. The summed E-state index contributed by atoms with van der Waals surface area (Å²) in [5.41, 5.74) is 5.12. The van der Waals surface area contributed by atoms with Gasteiger partial charge in [-0.2, -0.15) is 5.10 Å². The van der Waals surface area contributed by atoms with E-state index in [1.165, 1.54) is 0 Å². The number of amides is 1. The highest BCUT2D eigenvalue weighted by atomic mass is 127. The van der Waals surface area contributed by atoms with E-state index >= 15 is 0 Å². The summed E-state index contributed by atoms with van der Waals surface area (Å²) in [6.45, 7) is 2.86. The molecule has 172 valence electrons. The monoisotopic (exact) mass is 641 g/mol. The second-order valence-electron chi connectivity index (χ2n) is 6.83. The SMILES string of the molecule is CCOc1cc(/C=N\NC(=O)CNc2ccc(I)cc2)cc(Br)c1OCc1ccc(Cl)cc1. The molecule has 0 aliphatic rings. The molecule has 0 spiro atoms. The Hall–Kier alpha value is -2.30. The third-order valence-electron chi connectivity index (χ3n) is 4.33. The van der Waals surface area contributed by atoms with Gasteiger partial charge in [-0.1, -0.05) is 23.7 Å². The van der Waals surface area contributed by atoms with Gasteiger partial charge in [0.1, 0.15) is 6.61 Å². The van der Waals surface area contributed by atoms with E-state index < -0.39 is 0 Å². The number of benzene rings is 3. The van der Waals surface area contributed by atoms with Crippen LogP contribution in [0.15, 0.2) is 70.2 Å². The van der Waals surface area contributed by atoms with Gasteiger partial charge in [-0.25, -0.2) is 5.43 Å². The molecule has 0 aliphatic heterocycles. The van der Waals surface area contributed by atoms with Gasteiger partial charge in [-0.3, -0.25) is 4.79 Å². The minimum atomic E-state index is -0.253. The Morgan fingerprint density at radius 2 is 1.85 bits per heavy atom. The quantitative estimate of drug-likeness (QED) is 0.156. The van der Waals surface area contributed by atoms with Crippen LogP contribution in [0.5, 0.6) is 11.5 Å².